The molecule has 0 saturated carbocycles. The second-order valence-electron chi connectivity index (χ2n) is 5.92. The average Bonchev–Trinajstić information content (AvgIpc) is 2.39. The van der Waals surface area contributed by atoms with Crippen molar-refractivity contribution >= 4 is 11.6 Å². The van der Waals surface area contributed by atoms with Gasteiger partial charge in [0.1, 0.15) is 0 Å². The normalized spacial score (nSPS) is 22.7. The highest BCUT2D eigenvalue weighted by Crippen LogP contribution is 2.27. The highest BCUT2D eigenvalue weighted by atomic mass is 16.2. The second kappa shape index (κ2) is 6.29. The molecule has 0 spiro atoms. The molecular formula is C17H26N2O. The van der Waals surface area contributed by atoms with Gasteiger partial charge in [-0.1, -0.05) is 6.07 Å². The number of aryl methyl sites for hydroxylation is 1. The van der Waals surface area contributed by atoms with E-state index < -0.39 is 0 Å². The summed E-state index contributed by atoms with van der Waals surface area (Å²) in [5.41, 5.74) is 2.94. The van der Waals surface area contributed by atoms with Crippen molar-refractivity contribution in [1.29, 1.82) is 0 Å². The lowest BCUT2D eigenvalue weighted by Crippen LogP contribution is -2.47. The Morgan fingerprint density at radius 2 is 1.95 bits per heavy atom. The lowest BCUT2D eigenvalue weighted by atomic mass is 9.96. The summed E-state index contributed by atoms with van der Waals surface area (Å²) in [6.07, 6.45) is 3.44. The van der Waals surface area contributed by atoms with Crippen molar-refractivity contribution in [2.24, 2.45) is 0 Å². The molecule has 1 aromatic rings. The number of hydrogen-bond donors (Lipinski definition) is 1. The first-order valence-electron chi connectivity index (χ1n) is 7.71. The number of rotatable bonds is 3. The number of nitrogens with one attached hydrogen (secondary N) is 1. The maximum Gasteiger partial charge on any atom is 0.256 e. The summed E-state index contributed by atoms with van der Waals surface area (Å²) in [5, 5.41) is 3.32. The Balaban J connectivity index is 2.32. The molecule has 1 amide bonds. The molecule has 1 N–H and O–H groups in total. The number of nitrogens with zero attached hydrogens (tertiary/aromatic N) is 1. The number of anilines is 1. The number of carbonyl (C=O) groups excluding carboxylic acids is 1. The van der Waals surface area contributed by atoms with Crippen LogP contribution in [0.4, 0.5) is 5.69 Å². The van der Waals surface area contributed by atoms with Crippen LogP contribution in [0.2, 0.25) is 0 Å². The summed E-state index contributed by atoms with van der Waals surface area (Å²) < 4.78 is 0. The molecule has 0 aromatic heterocycles. The Hall–Kier alpha value is -1.51. The molecule has 0 aliphatic carbocycles. The molecule has 1 aliphatic rings. The number of piperidine rings is 1. The van der Waals surface area contributed by atoms with Gasteiger partial charge < -0.3 is 10.2 Å². The van der Waals surface area contributed by atoms with E-state index in [0.717, 1.165) is 30.6 Å². The van der Waals surface area contributed by atoms with Gasteiger partial charge in [-0.25, -0.2) is 0 Å². The van der Waals surface area contributed by atoms with Gasteiger partial charge in [0, 0.05) is 24.3 Å². The fourth-order valence-electron chi connectivity index (χ4n) is 3.14. The van der Waals surface area contributed by atoms with Crippen LogP contribution in [0.5, 0.6) is 0 Å². The largest absolute Gasteiger partial charge is 0.385 e. The summed E-state index contributed by atoms with van der Waals surface area (Å²) in [6.45, 7) is 9.27. The molecule has 2 unspecified atom stereocenters. The van der Waals surface area contributed by atoms with E-state index in [1.54, 1.807) is 0 Å². The Labute approximate surface area is 122 Å². The fraction of sp³-hybridized carbons (Fsp3) is 0.588. The molecule has 0 radical (unpaired) electrons. The fourth-order valence-corrected chi connectivity index (χ4v) is 3.14. The Morgan fingerprint density at radius 3 is 2.55 bits per heavy atom. The molecule has 0 bridgehead atoms. The molecule has 2 atom stereocenters. The molecule has 1 saturated heterocycles. The zero-order chi connectivity index (χ0) is 14.7. The van der Waals surface area contributed by atoms with Crippen molar-refractivity contribution < 1.29 is 4.79 Å². The first-order valence-corrected chi connectivity index (χ1v) is 7.71. The van der Waals surface area contributed by atoms with Gasteiger partial charge in [-0.2, -0.15) is 0 Å². The molecule has 2 rings (SSSR count). The SMILES string of the molecule is CCNc1cc(C)ccc1C(=O)N1C(C)CCCC1C. The maximum absolute atomic E-state index is 12.9. The summed E-state index contributed by atoms with van der Waals surface area (Å²) in [4.78, 5) is 15.0. The van der Waals surface area contributed by atoms with Gasteiger partial charge in [-0.3, -0.25) is 4.79 Å². The Morgan fingerprint density at radius 1 is 1.30 bits per heavy atom. The van der Waals surface area contributed by atoms with Gasteiger partial charge >= 0.3 is 0 Å². The van der Waals surface area contributed by atoms with Crippen molar-refractivity contribution in [1.82, 2.24) is 4.90 Å². The predicted molar refractivity (Wildman–Crippen MR) is 84.3 cm³/mol. The van der Waals surface area contributed by atoms with Crippen LogP contribution < -0.4 is 5.32 Å². The number of amides is 1. The molecule has 1 fully saturated rings. The highest BCUT2D eigenvalue weighted by Gasteiger charge is 2.30. The maximum atomic E-state index is 12.9. The minimum Gasteiger partial charge on any atom is -0.385 e. The van der Waals surface area contributed by atoms with Crippen LogP contribution in [0.3, 0.4) is 0 Å². The second-order valence-corrected chi connectivity index (χ2v) is 5.92. The van der Waals surface area contributed by atoms with Gasteiger partial charge in [-0.05, 0) is 64.7 Å². The van der Waals surface area contributed by atoms with E-state index in [1.807, 2.05) is 12.1 Å². The van der Waals surface area contributed by atoms with Crippen LogP contribution in [0.15, 0.2) is 18.2 Å². The number of benzene rings is 1. The number of hydrogen-bond acceptors (Lipinski definition) is 2. The third kappa shape index (κ3) is 2.97. The van der Waals surface area contributed by atoms with E-state index in [2.05, 4.69) is 44.0 Å². The van der Waals surface area contributed by atoms with Crippen molar-refractivity contribution in [2.75, 3.05) is 11.9 Å². The van der Waals surface area contributed by atoms with Crippen molar-refractivity contribution in [3.8, 4) is 0 Å². The first-order chi connectivity index (χ1) is 9.54. The quantitative estimate of drug-likeness (QED) is 0.908. The molecule has 3 nitrogen and oxygen atoms in total. The summed E-state index contributed by atoms with van der Waals surface area (Å²) >= 11 is 0. The monoisotopic (exact) mass is 274 g/mol. The van der Waals surface area contributed by atoms with Gasteiger partial charge in [0.05, 0.1) is 5.56 Å². The lowest BCUT2D eigenvalue weighted by Gasteiger charge is -2.39. The molecule has 3 heteroatoms. The third-order valence-corrected chi connectivity index (χ3v) is 4.20. The lowest BCUT2D eigenvalue weighted by molar-refractivity contribution is 0.0512. The van der Waals surface area contributed by atoms with Crippen LogP contribution >= 0.6 is 0 Å². The van der Waals surface area contributed by atoms with Gasteiger partial charge in [-0.15, -0.1) is 0 Å². The standard InChI is InChI=1S/C17H26N2O/c1-5-18-16-11-12(2)9-10-15(16)17(20)19-13(3)7-6-8-14(19)4/h9-11,13-14,18H,5-8H2,1-4H3. The van der Waals surface area contributed by atoms with E-state index in [1.165, 1.54) is 12.0 Å². The number of likely N-dealkylation sites (tertiary alicyclic amines) is 1. The minimum absolute atomic E-state index is 0.167. The van der Waals surface area contributed by atoms with Gasteiger partial charge in [0.2, 0.25) is 0 Å². The van der Waals surface area contributed by atoms with E-state index in [9.17, 15) is 4.79 Å². The molecule has 20 heavy (non-hydrogen) atoms. The van der Waals surface area contributed by atoms with Crippen LogP contribution in [-0.2, 0) is 0 Å². The van der Waals surface area contributed by atoms with Crippen LogP contribution in [0, 0.1) is 6.92 Å². The zero-order valence-corrected chi connectivity index (χ0v) is 13.1. The number of carbonyl (C=O) groups is 1. The van der Waals surface area contributed by atoms with Crippen molar-refractivity contribution in [3.63, 3.8) is 0 Å². The molecule has 110 valence electrons. The van der Waals surface area contributed by atoms with Crippen LogP contribution in [-0.4, -0.2) is 29.4 Å². The van der Waals surface area contributed by atoms with E-state index in [-0.39, 0.29) is 5.91 Å². The Kier molecular flexibility index (Phi) is 4.69. The smallest absolute Gasteiger partial charge is 0.256 e. The highest BCUT2D eigenvalue weighted by molar-refractivity contribution is 6.00. The van der Waals surface area contributed by atoms with Crippen LogP contribution in [0.25, 0.3) is 0 Å². The molecule has 1 aromatic carbocycles. The van der Waals surface area contributed by atoms with E-state index in [0.29, 0.717) is 12.1 Å². The molecular weight excluding hydrogens is 248 g/mol. The first kappa shape index (κ1) is 14.9. The van der Waals surface area contributed by atoms with Gasteiger partial charge in [0.15, 0.2) is 0 Å². The van der Waals surface area contributed by atoms with Crippen molar-refractivity contribution in [3.05, 3.63) is 29.3 Å². The van der Waals surface area contributed by atoms with Gasteiger partial charge in [0.25, 0.3) is 5.91 Å². The molecule has 1 aliphatic heterocycles. The topological polar surface area (TPSA) is 32.3 Å². The van der Waals surface area contributed by atoms with Crippen LogP contribution in [0.1, 0.15) is 56.0 Å². The van der Waals surface area contributed by atoms with E-state index >= 15 is 0 Å². The Bertz CT molecular complexity index is 474. The molecule has 1 heterocycles. The summed E-state index contributed by atoms with van der Waals surface area (Å²) in [5.74, 6) is 0.167. The summed E-state index contributed by atoms with van der Waals surface area (Å²) in [7, 11) is 0. The van der Waals surface area contributed by atoms with E-state index in [4.69, 9.17) is 0 Å². The van der Waals surface area contributed by atoms with Crippen molar-refractivity contribution in [2.45, 2.75) is 59.0 Å². The summed E-state index contributed by atoms with van der Waals surface area (Å²) in [6, 6.07) is 6.72. The predicted octanol–water partition coefficient (Wildman–Crippen LogP) is 3.83. The third-order valence-electron chi connectivity index (χ3n) is 4.20. The average molecular weight is 274 g/mol. The minimum atomic E-state index is 0.167. The zero-order valence-electron chi connectivity index (χ0n) is 13.1.